The highest BCUT2D eigenvalue weighted by Gasteiger charge is 2.29. The molecule has 16 heavy (non-hydrogen) atoms. The van der Waals surface area contributed by atoms with Crippen LogP contribution in [0.1, 0.15) is 12.6 Å². The molecule has 3 atom stereocenters. The molecule has 8 nitrogen and oxygen atoms in total. The van der Waals surface area contributed by atoms with Crippen LogP contribution in [0.4, 0.5) is 5.95 Å². The van der Waals surface area contributed by atoms with Crippen molar-refractivity contribution in [3.63, 3.8) is 0 Å². The lowest BCUT2D eigenvalue weighted by Gasteiger charge is -2.30. The van der Waals surface area contributed by atoms with E-state index in [4.69, 9.17) is 10.5 Å². The van der Waals surface area contributed by atoms with E-state index in [2.05, 4.69) is 9.97 Å². The molecule has 0 spiro atoms. The fourth-order valence-corrected chi connectivity index (χ4v) is 1.50. The number of hydrogen-bond acceptors (Lipinski definition) is 7. The summed E-state index contributed by atoms with van der Waals surface area (Å²) in [6.45, 7) is -0.0390. The summed E-state index contributed by atoms with van der Waals surface area (Å²) in [5.74, 6) is -0.113. The molecule has 1 fully saturated rings. The Hall–Kier alpha value is -1.51. The molecular formula is C8H12N4O4. The molecule has 0 aliphatic carbocycles. The third-order valence-corrected chi connectivity index (χ3v) is 2.40. The van der Waals surface area contributed by atoms with Crippen molar-refractivity contribution in [1.82, 2.24) is 14.5 Å². The number of aromatic nitrogens is 3. The van der Waals surface area contributed by atoms with Crippen molar-refractivity contribution in [2.24, 2.45) is 0 Å². The number of rotatable bonds is 1. The smallest absolute Gasteiger partial charge is 0.354 e. The van der Waals surface area contributed by atoms with Crippen molar-refractivity contribution >= 4 is 5.95 Å². The van der Waals surface area contributed by atoms with E-state index in [1.807, 2.05) is 0 Å². The Balaban J connectivity index is 2.22. The summed E-state index contributed by atoms with van der Waals surface area (Å²) in [6.07, 6.45) is -1.22. The van der Waals surface area contributed by atoms with Crippen LogP contribution in [0.2, 0.25) is 0 Å². The molecule has 2 heterocycles. The minimum atomic E-state index is -0.929. The molecule has 2 rings (SSSR count). The Kier molecular flexibility index (Phi) is 2.86. The van der Waals surface area contributed by atoms with Crippen molar-refractivity contribution in [1.29, 1.82) is 0 Å². The van der Waals surface area contributed by atoms with Gasteiger partial charge >= 0.3 is 5.69 Å². The van der Waals surface area contributed by atoms with Crippen molar-refractivity contribution < 1.29 is 14.9 Å². The fraction of sp³-hybridized carbons (Fsp3) is 0.625. The van der Waals surface area contributed by atoms with Crippen LogP contribution in [0.15, 0.2) is 11.1 Å². The lowest BCUT2D eigenvalue weighted by molar-refractivity contribution is -0.146. The molecule has 1 aliphatic heterocycles. The van der Waals surface area contributed by atoms with E-state index in [9.17, 15) is 15.0 Å². The zero-order valence-electron chi connectivity index (χ0n) is 8.35. The van der Waals surface area contributed by atoms with Gasteiger partial charge in [-0.15, -0.1) is 0 Å². The monoisotopic (exact) mass is 228 g/mol. The molecule has 0 saturated carbocycles. The maximum atomic E-state index is 11.4. The third-order valence-electron chi connectivity index (χ3n) is 2.40. The summed E-state index contributed by atoms with van der Waals surface area (Å²) in [5.41, 5.74) is 4.64. The number of hydrogen-bond donors (Lipinski definition) is 3. The van der Waals surface area contributed by atoms with Crippen LogP contribution < -0.4 is 11.4 Å². The van der Waals surface area contributed by atoms with Crippen LogP contribution in [0, 0.1) is 0 Å². The average Bonchev–Trinajstić information content (AvgIpc) is 2.22. The van der Waals surface area contributed by atoms with Gasteiger partial charge in [0.1, 0.15) is 18.7 Å². The van der Waals surface area contributed by atoms with Crippen LogP contribution >= 0.6 is 0 Å². The second-order valence-corrected chi connectivity index (χ2v) is 3.56. The van der Waals surface area contributed by atoms with E-state index in [0.29, 0.717) is 0 Å². The largest absolute Gasteiger partial charge is 0.390 e. The zero-order valence-corrected chi connectivity index (χ0v) is 8.35. The van der Waals surface area contributed by atoms with E-state index in [0.717, 1.165) is 4.57 Å². The number of ether oxygens (including phenoxy) is 1. The molecule has 0 aromatic carbocycles. The topological polar surface area (TPSA) is 123 Å². The highest BCUT2D eigenvalue weighted by molar-refractivity contribution is 5.09. The van der Waals surface area contributed by atoms with Crippen molar-refractivity contribution in [2.45, 2.75) is 24.9 Å². The number of anilines is 1. The van der Waals surface area contributed by atoms with Crippen molar-refractivity contribution in [2.75, 3.05) is 12.3 Å². The Morgan fingerprint density at radius 3 is 2.88 bits per heavy atom. The third kappa shape index (κ3) is 2.03. The van der Waals surface area contributed by atoms with Crippen LogP contribution in [-0.4, -0.2) is 43.6 Å². The molecule has 4 N–H and O–H groups in total. The number of nitrogen functional groups attached to an aromatic ring is 1. The Morgan fingerprint density at radius 1 is 1.50 bits per heavy atom. The molecule has 1 aliphatic rings. The summed E-state index contributed by atoms with van der Waals surface area (Å²) >= 11 is 0. The summed E-state index contributed by atoms with van der Waals surface area (Å²) in [4.78, 5) is 18.5. The Labute approximate surface area is 90.3 Å². The molecule has 8 heteroatoms. The maximum Gasteiger partial charge on any atom is 0.354 e. The lowest BCUT2D eigenvalue weighted by Crippen LogP contribution is -2.42. The molecule has 1 aromatic rings. The van der Waals surface area contributed by atoms with Gasteiger partial charge in [0.05, 0.1) is 12.7 Å². The lowest BCUT2D eigenvalue weighted by atomic mass is 10.1. The van der Waals surface area contributed by atoms with Gasteiger partial charge in [-0.1, -0.05) is 0 Å². The number of aliphatic hydroxyl groups is 2. The van der Waals surface area contributed by atoms with Gasteiger partial charge in [0.15, 0.2) is 0 Å². The molecule has 1 saturated heterocycles. The van der Waals surface area contributed by atoms with Crippen LogP contribution in [0.5, 0.6) is 0 Å². The van der Waals surface area contributed by atoms with Crippen LogP contribution in [-0.2, 0) is 4.74 Å². The fourth-order valence-electron chi connectivity index (χ4n) is 1.50. The van der Waals surface area contributed by atoms with Gasteiger partial charge in [0.25, 0.3) is 0 Å². The zero-order chi connectivity index (χ0) is 11.7. The maximum absolute atomic E-state index is 11.4. The van der Waals surface area contributed by atoms with Crippen LogP contribution in [0.3, 0.4) is 0 Å². The van der Waals surface area contributed by atoms with Gasteiger partial charge in [0.2, 0.25) is 5.95 Å². The number of nitrogens with two attached hydrogens (primary N) is 1. The van der Waals surface area contributed by atoms with Gasteiger partial charge in [-0.25, -0.2) is 9.78 Å². The quantitative estimate of drug-likeness (QED) is 0.501. The molecule has 1 unspecified atom stereocenters. The highest BCUT2D eigenvalue weighted by Crippen LogP contribution is 2.21. The normalized spacial score (nSPS) is 30.2. The van der Waals surface area contributed by atoms with Gasteiger partial charge < -0.3 is 20.7 Å². The first kappa shape index (κ1) is 11.0. The highest BCUT2D eigenvalue weighted by atomic mass is 16.5. The van der Waals surface area contributed by atoms with E-state index in [1.165, 1.54) is 6.33 Å². The summed E-state index contributed by atoms with van der Waals surface area (Å²) in [5, 5.41) is 18.7. The Morgan fingerprint density at radius 2 is 2.25 bits per heavy atom. The minimum Gasteiger partial charge on any atom is -0.390 e. The van der Waals surface area contributed by atoms with E-state index in [1.54, 1.807) is 0 Å². The van der Waals surface area contributed by atoms with Gasteiger partial charge in [-0.2, -0.15) is 4.98 Å². The second kappa shape index (κ2) is 4.16. The predicted octanol–water partition coefficient (Wildman–Crippen LogP) is -2.14. The molecule has 88 valence electrons. The first-order chi connectivity index (χ1) is 7.58. The summed E-state index contributed by atoms with van der Waals surface area (Å²) in [7, 11) is 0. The predicted molar refractivity (Wildman–Crippen MR) is 52.3 cm³/mol. The summed E-state index contributed by atoms with van der Waals surface area (Å²) in [6, 6.07) is 0. The summed E-state index contributed by atoms with van der Waals surface area (Å²) < 4.78 is 6.33. The van der Waals surface area contributed by atoms with Gasteiger partial charge in [-0.3, -0.25) is 4.57 Å². The van der Waals surface area contributed by atoms with Gasteiger partial charge in [-0.05, 0) is 0 Å². The van der Waals surface area contributed by atoms with Crippen molar-refractivity contribution in [3.05, 3.63) is 16.8 Å². The SMILES string of the molecule is Nc1ncn(C2C[C@H](O)[C@@H](O)CO2)c(=O)n1. The minimum absolute atomic E-state index is 0.0390. The van der Waals surface area contributed by atoms with E-state index < -0.39 is 24.1 Å². The second-order valence-electron chi connectivity index (χ2n) is 3.56. The van der Waals surface area contributed by atoms with Crippen LogP contribution in [0.25, 0.3) is 0 Å². The Bertz CT molecular complexity index is 434. The molecular weight excluding hydrogens is 216 g/mol. The van der Waals surface area contributed by atoms with Crippen molar-refractivity contribution in [3.8, 4) is 0 Å². The van der Waals surface area contributed by atoms with Gasteiger partial charge in [0, 0.05) is 6.42 Å². The van der Waals surface area contributed by atoms with E-state index in [-0.39, 0.29) is 19.0 Å². The first-order valence-electron chi connectivity index (χ1n) is 4.76. The molecule has 0 bridgehead atoms. The molecule has 1 aromatic heterocycles. The number of aliphatic hydroxyl groups excluding tert-OH is 2. The van der Waals surface area contributed by atoms with E-state index >= 15 is 0 Å². The number of nitrogens with zero attached hydrogens (tertiary/aromatic N) is 3. The molecule has 0 amide bonds. The standard InChI is InChI=1S/C8H12N4O4/c9-7-10-3-12(8(15)11-7)6-1-4(13)5(14)2-16-6/h3-6,13-14H,1-2H2,(H2,9,11,15)/t4-,5-,6?/m0/s1. The average molecular weight is 228 g/mol. The first-order valence-corrected chi connectivity index (χ1v) is 4.76. The molecule has 0 radical (unpaired) electrons.